The number of rotatable bonds is 5. The summed E-state index contributed by atoms with van der Waals surface area (Å²) in [5.74, 6) is 1.04. The van der Waals surface area contributed by atoms with Crippen LogP contribution in [0.3, 0.4) is 0 Å². The molecule has 1 aliphatic rings. The molecule has 21 heavy (non-hydrogen) atoms. The van der Waals surface area contributed by atoms with Gasteiger partial charge < -0.3 is 10.2 Å². The molecule has 0 radical (unpaired) electrons. The van der Waals surface area contributed by atoms with Crippen molar-refractivity contribution in [3.63, 3.8) is 0 Å². The Morgan fingerprint density at radius 1 is 1.29 bits per heavy atom. The van der Waals surface area contributed by atoms with Crippen LogP contribution in [0.25, 0.3) is 0 Å². The Hall–Kier alpha value is -1.30. The third-order valence-corrected chi connectivity index (χ3v) is 3.82. The van der Waals surface area contributed by atoms with Crippen LogP contribution in [0, 0.1) is 5.92 Å². The molecule has 0 aromatic carbocycles. The normalized spacial score (nSPS) is 17.2. The molecule has 2 rings (SSSR count). The lowest BCUT2D eigenvalue weighted by atomic mass is 9.97. The first-order valence-corrected chi connectivity index (χ1v) is 7.50. The number of aromatic nitrogens is 1. The van der Waals surface area contributed by atoms with E-state index in [0.717, 1.165) is 51.5 Å². The number of nitrogens with one attached hydrogen (secondary N) is 1. The molecule has 118 valence electrons. The highest BCUT2D eigenvalue weighted by molar-refractivity contribution is 5.40. The molecule has 0 spiro atoms. The number of pyridine rings is 1. The predicted molar refractivity (Wildman–Crippen MR) is 77.3 cm³/mol. The van der Waals surface area contributed by atoms with Gasteiger partial charge in [-0.05, 0) is 50.4 Å². The number of halogens is 3. The average Bonchev–Trinajstić information content (AvgIpc) is 2.47. The lowest BCUT2D eigenvalue weighted by Crippen LogP contribution is -2.38. The lowest BCUT2D eigenvalue weighted by Gasteiger charge is -2.33. The molecule has 6 heteroatoms. The van der Waals surface area contributed by atoms with Gasteiger partial charge in [-0.2, -0.15) is 13.2 Å². The van der Waals surface area contributed by atoms with Crippen molar-refractivity contribution in [1.29, 1.82) is 0 Å². The number of hydrogen-bond acceptors (Lipinski definition) is 3. The van der Waals surface area contributed by atoms with Crippen LogP contribution in [0.15, 0.2) is 18.2 Å². The Morgan fingerprint density at radius 2 is 2.00 bits per heavy atom. The fourth-order valence-corrected chi connectivity index (χ4v) is 2.61. The highest BCUT2D eigenvalue weighted by Gasteiger charge is 2.33. The molecule has 0 atom stereocenters. The van der Waals surface area contributed by atoms with Crippen LogP contribution >= 0.6 is 0 Å². The van der Waals surface area contributed by atoms with E-state index in [0.29, 0.717) is 11.7 Å². The van der Waals surface area contributed by atoms with Crippen LogP contribution in [0.1, 0.15) is 31.9 Å². The van der Waals surface area contributed by atoms with E-state index in [4.69, 9.17) is 0 Å². The largest absolute Gasteiger partial charge is 0.433 e. The summed E-state index contributed by atoms with van der Waals surface area (Å²) >= 11 is 0. The fraction of sp³-hybridized carbons (Fsp3) is 0.667. The van der Waals surface area contributed by atoms with Crippen molar-refractivity contribution in [2.45, 2.75) is 32.4 Å². The maximum atomic E-state index is 12.7. The van der Waals surface area contributed by atoms with Gasteiger partial charge in [-0.25, -0.2) is 4.98 Å². The molecule has 0 unspecified atom stereocenters. The van der Waals surface area contributed by atoms with E-state index >= 15 is 0 Å². The molecule has 2 heterocycles. The van der Waals surface area contributed by atoms with Crippen molar-refractivity contribution in [3.05, 3.63) is 23.9 Å². The first-order valence-electron chi connectivity index (χ1n) is 7.50. The summed E-state index contributed by atoms with van der Waals surface area (Å²) in [5.41, 5.74) is -0.813. The topological polar surface area (TPSA) is 28.2 Å². The van der Waals surface area contributed by atoms with Gasteiger partial charge in [0.15, 0.2) is 0 Å². The summed E-state index contributed by atoms with van der Waals surface area (Å²) < 4.78 is 38.0. The molecule has 1 fully saturated rings. The molecule has 0 amide bonds. The second-order valence-electron chi connectivity index (χ2n) is 5.51. The van der Waals surface area contributed by atoms with Crippen molar-refractivity contribution in [2.24, 2.45) is 5.92 Å². The van der Waals surface area contributed by atoms with E-state index in [2.05, 4.69) is 17.2 Å². The number of alkyl halides is 3. The summed E-state index contributed by atoms with van der Waals surface area (Å²) in [6, 6.07) is 4.11. The highest BCUT2D eigenvalue weighted by Crippen LogP contribution is 2.29. The Bertz CT molecular complexity index is 440. The third-order valence-electron chi connectivity index (χ3n) is 3.82. The quantitative estimate of drug-likeness (QED) is 0.846. The monoisotopic (exact) mass is 301 g/mol. The maximum Gasteiger partial charge on any atom is 0.433 e. The Kier molecular flexibility index (Phi) is 5.45. The first-order chi connectivity index (χ1) is 10.0. The van der Waals surface area contributed by atoms with E-state index in [1.807, 2.05) is 4.90 Å². The van der Waals surface area contributed by atoms with Gasteiger partial charge in [-0.15, -0.1) is 0 Å². The molecule has 1 aliphatic heterocycles. The van der Waals surface area contributed by atoms with Crippen LogP contribution in [-0.2, 0) is 6.18 Å². The molecule has 0 saturated carbocycles. The summed E-state index contributed by atoms with van der Waals surface area (Å²) in [6.07, 6.45) is -1.27. The molecule has 3 nitrogen and oxygen atoms in total. The number of nitrogens with zero attached hydrogens (tertiary/aromatic N) is 2. The average molecular weight is 301 g/mol. The summed E-state index contributed by atoms with van der Waals surface area (Å²) in [5, 5.41) is 3.41. The van der Waals surface area contributed by atoms with Crippen molar-refractivity contribution >= 4 is 5.82 Å². The molecule has 0 bridgehead atoms. The van der Waals surface area contributed by atoms with Crippen LogP contribution in [0.4, 0.5) is 19.0 Å². The summed E-state index contributed by atoms with van der Waals surface area (Å²) in [7, 11) is 0. The Balaban J connectivity index is 1.90. The lowest BCUT2D eigenvalue weighted by molar-refractivity contribution is -0.141. The minimum Gasteiger partial charge on any atom is -0.357 e. The van der Waals surface area contributed by atoms with Gasteiger partial charge in [-0.1, -0.05) is 13.0 Å². The Morgan fingerprint density at radius 3 is 2.62 bits per heavy atom. The standard InChI is InChI=1S/C15H22F3N3/c1-2-8-19-11-12-6-9-21(10-7-12)14-5-3-4-13(20-14)15(16,17)18/h3-5,12,19H,2,6-11H2,1H3. The fourth-order valence-electron chi connectivity index (χ4n) is 2.61. The van der Waals surface area contributed by atoms with E-state index in [1.54, 1.807) is 6.07 Å². The van der Waals surface area contributed by atoms with Crippen LogP contribution in [0.2, 0.25) is 0 Å². The number of hydrogen-bond donors (Lipinski definition) is 1. The second kappa shape index (κ2) is 7.11. The molecule has 1 saturated heterocycles. The molecular weight excluding hydrogens is 279 g/mol. The molecule has 1 aromatic heterocycles. The van der Waals surface area contributed by atoms with E-state index in [-0.39, 0.29) is 0 Å². The minimum atomic E-state index is -4.38. The number of piperidine rings is 1. The zero-order valence-electron chi connectivity index (χ0n) is 12.3. The van der Waals surface area contributed by atoms with Gasteiger partial charge in [-0.3, -0.25) is 0 Å². The van der Waals surface area contributed by atoms with Gasteiger partial charge >= 0.3 is 6.18 Å². The molecule has 1 aromatic rings. The van der Waals surface area contributed by atoms with Crippen LogP contribution in [-0.4, -0.2) is 31.2 Å². The van der Waals surface area contributed by atoms with Gasteiger partial charge in [0.05, 0.1) is 0 Å². The van der Waals surface area contributed by atoms with Crippen molar-refractivity contribution in [1.82, 2.24) is 10.3 Å². The number of anilines is 1. The van der Waals surface area contributed by atoms with Gasteiger partial charge in [0, 0.05) is 13.1 Å². The van der Waals surface area contributed by atoms with Gasteiger partial charge in [0.25, 0.3) is 0 Å². The van der Waals surface area contributed by atoms with Crippen molar-refractivity contribution < 1.29 is 13.2 Å². The van der Waals surface area contributed by atoms with Crippen molar-refractivity contribution in [3.8, 4) is 0 Å². The maximum absolute atomic E-state index is 12.7. The molecule has 1 N–H and O–H groups in total. The van der Waals surface area contributed by atoms with Gasteiger partial charge in [0.2, 0.25) is 0 Å². The first kappa shape index (κ1) is 16.1. The molecule has 0 aliphatic carbocycles. The highest BCUT2D eigenvalue weighted by atomic mass is 19.4. The zero-order chi connectivity index (χ0) is 15.3. The zero-order valence-corrected chi connectivity index (χ0v) is 12.3. The SMILES string of the molecule is CCCNCC1CCN(c2cccc(C(F)(F)F)n2)CC1. The summed E-state index contributed by atoms with van der Waals surface area (Å²) in [4.78, 5) is 5.70. The molecular formula is C15H22F3N3. The van der Waals surface area contributed by atoms with Crippen molar-refractivity contribution in [2.75, 3.05) is 31.1 Å². The van der Waals surface area contributed by atoms with E-state index in [1.165, 1.54) is 6.07 Å². The second-order valence-corrected chi connectivity index (χ2v) is 5.51. The van der Waals surface area contributed by atoms with E-state index in [9.17, 15) is 13.2 Å². The smallest absolute Gasteiger partial charge is 0.357 e. The van der Waals surface area contributed by atoms with E-state index < -0.39 is 11.9 Å². The Labute approximate surface area is 123 Å². The minimum absolute atomic E-state index is 0.435. The van der Waals surface area contributed by atoms with Crippen LogP contribution in [0.5, 0.6) is 0 Å². The van der Waals surface area contributed by atoms with Crippen LogP contribution < -0.4 is 10.2 Å². The summed E-state index contributed by atoms with van der Waals surface area (Å²) in [6.45, 7) is 5.70. The van der Waals surface area contributed by atoms with Gasteiger partial charge in [0.1, 0.15) is 11.5 Å². The predicted octanol–water partition coefficient (Wildman–Crippen LogP) is 3.32. The third kappa shape index (κ3) is 4.59.